The fourth-order valence-corrected chi connectivity index (χ4v) is 1.70. The van der Waals surface area contributed by atoms with Crippen LogP contribution in [0.4, 0.5) is 13.2 Å². The van der Waals surface area contributed by atoms with Crippen LogP contribution in [0.1, 0.15) is 16.1 Å². The van der Waals surface area contributed by atoms with Crippen molar-refractivity contribution in [1.82, 2.24) is 10.4 Å². The molecule has 9 heteroatoms. The molecule has 6 nitrogen and oxygen atoms in total. The molecule has 0 spiro atoms. The number of ether oxygens (including phenoxy) is 2. The maximum absolute atomic E-state index is 12.7. The normalized spacial score (nSPS) is 11.0. The van der Waals surface area contributed by atoms with Gasteiger partial charge in [0.2, 0.25) is 5.88 Å². The molecule has 0 unspecified atom stereocenters. The van der Waals surface area contributed by atoms with Crippen LogP contribution in [-0.2, 0) is 6.18 Å². The number of nitrogens with zero attached hydrogens (tertiary/aromatic N) is 1. The van der Waals surface area contributed by atoms with E-state index in [4.69, 9.17) is 15.3 Å². The Bertz CT molecular complexity index is 720. The number of pyridine rings is 1. The second kappa shape index (κ2) is 6.53. The number of carbonyl (C=O) groups is 1. The molecular weight excluding hydrogens is 315 g/mol. The highest BCUT2D eigenvalue weighted by molar-refractivity contribution is 5.92. The molecule has 0 aliphatic carbocycles. The molecule has 2 rings (SSSR count). The van der Waals surface area contributed by atoms with E-state index in [-0.39, 0.29) is 23.1 Å². The van der Waals surface area contributed by atoms with Crippen LogP contribution in [0, 0.1) is 0 Å². The van der Waals surface area contributed by atoms with Crippen LogP contribution >= 0.6 is 0 Å². The van der Waals surface area contributed by atoms with Crippen LogP contribution < -0.4 is 20.7 Å². The van der Waals surface area contributed by atoms with Crippen LogP contribution in [-0.4, -0.2) is 18.0 Å². The number of alkyl halides is 3. The third-order valence-electron chi connectivity index (χ3n) is 2.76. The van der Waals surface area contributed by atoms with Gasteiger partial charge in [0.1, 0.15) is 17.2 Å². The molecule has 0 aliphatic rings. The summed E-state index contributed by atoms with van der Waals surface area (Å²) in [6, 6.07) is 6.91. The first-order valence-corrected chi connectivity index (χ1v) is 6.25. The highest BCUT2D eigenvalue weighted by Crippen LogP contribution is 2.33. The van der Waals surface area contributed by atoms with Crippen LogP contribution in [0.25, 0.3) is 0 Å². The van der Waals surface area contributed by atoms with E-state index in [9.17, 15) is 18.0 Å². The van der Waals surface area contributed by atoms with Gasteiger partial charge in [0.05, 0.1) is 12.7 Å². The summed E-state index contributed by atoms with van der Waals surface area (Å²) in [5.74, 6) is 4.37. The minimum atomic E-state index is -4.49. The number of aromatic nitrogens is 1. The van der Waals surface area contributed by atoms with Crippen molar-refractivity contribution in [2.75, 3.05) is 7.11 Å². The topological polar surface area (TPSA) is 86.5 Å². The highest BCUT2D eigenvalue weighted by atomic mass is 19.4. The second-order valence-electron chi connectivity index (χ2n) is 4.33. The molecule has 0 atom stereocenters. The second-order valence-corrected chi connectivity index (χ2v) is 4.33. The quantitative estimate of drug-likeness (QED) is 0.512. The zero-order valence-electron chi connectivity index (χ0n) is 11.8. The van der Waals surface area contributed by atoms with Crippen molar-refractivity contribution in [3.05, 3.63) is 47.7 Å². The Balaban J connectivity index is 2.34. The average Bonchev–Trinajstić information content (AvgIpc) is 2.53. The lowest BCUT2D eigenvalue weighted by atomic mass is 10.2. The summed E-state index contributed by atoms with van der Waals surface area (Å²) in [6.07, 6.45) is -4.49. The Labute approximate surface area is 129 Å². The predicted molar refractivity (Wildman–Crippen MR) is 74.0 cm³/mol. The van der Waals surface area contributed by atoms with Crippen molar-refractivity contribution in [2.24, 2.45) is 5.84 Å². The standard InChI is InChI=1S/C14H12F3N3O3/c1-22-10-6-11(13(21)20-18)19-12(7-10)23-9-4-2-3-8(5-9)14(15,16)17/h2-7H,18H2,1H3,(H,20,21). The Hall–Kier alpha value is -2.81. The Morgan fingerprint density at radius 1 is 1.22 bits per heavy atom. The predicted octanol–water partition coefficient (Wildman–Crippen LogP) is 2.50. The molecule has 0 saturated carbocycles. The van der Waals surface area contributed by atoms with E-state index >= 15 is 0 Å². The fourth-order valence-electron chi connectivity index (χ4n) is 1.70. The van der Waals surface area contributed by atoms with Crippen LogP contribution in [0.3, 0.4) is 0 Å². The summed E-state index contributed by atoms with van der Waals surface area (Å²) in [4.78, 5) is 15.4. The fraction of sp³-hybridized carbons (Fsp3) is 0.143. The summed E-state index contributed by atoms with van der Waals surface area (Å²) in [7, 11) is 1.35. The number of hydrazine groups is 1. The number of rotatable bonds is 4. The molecule has 0 aliphatic heterocycles. The lowest BCUT2D eigenvalue weighted by Crippen LogP contribution is -2.30. The van der Waals surface area contributed by atoms with E-state index in [1.165, 1.54) is 31.4 Å². The van der Waals surface area contributed by atoms with Gasteiger partial charge in [-0.15, -0.1) is 0 Å². The molecule has 1 amide bonds. The summed E-state index contributed by atoms with van der Waals surface area (Å²) in [5, 5.41) is 0. The first-order chi connectivity index (χ1) is 10.8. The number of carbonyl (C=O) groups excluding carboxylic acids is 1. The van der Waals surface area contributed by atoms with Gasteiger partial charge >= 0.3 is 6.18 Å². The van der Waals surface area contributed by atoms with Gasteiger partial charge in [-0.3, -0.25) is 10.2 Å². The zero-order chi connectivity index (χ0) is 17.0. The third kappa shape index (κ3) is 4.10. The van der Waals surface area contributed by atoms with Gasteiger partial charge in [-0.05, 0) is 18.2 Å². The van der Waals surface area contributed by atoms with Crippen molar-refractivity contribution in [1.29, 1.82) is 0 Å². The van der Waals surface area contributed by atoms with E-state index in [0.29, 0.717) is 0 Å². The van der Waals surface area contributed by atoms with Gasteiger partial charge in [-0.2, -0.15) is 13.2 Å². The number of benzene rings is 1. The molecule has 0 fully saturated rings. The number of nitrogens with two attached hydrogens (primary N) is 1. The number of halogens is 3. The minimum Gasteiger partial charge on any atom is -0.496 e. The minimum absolute atomic E-state index is 0.0836. The lowest BCUT2D eigenvalue weighted by molar-refractivity contribution is -0.137. The molecule has 2 aromatic rings. The first-order valence-electron chi connectivity index (χ1n) is 6.25. The molecular formula is C14H12F3N3O3. The van der Waals surface area contributed by atoms with Crippen molar-refractivity contribution in [3.63, 3.8) is 0 Å². The number of methoxy groups -OCH3 is 1. The van der Waals surface area contributed by atoms with E-state index in [1.807, 2.05) is 5.43 Å². The van der Waals surface area contributed by atoms with Crippen molar-refractivity contribution >= 4 is 5.91 Å². The number of amides is 1. The van der Waals surface area contributed by atoms with Gasteiger partial charge in [0, 0.05) is 12.1 Å². The number of hydrogen-bond acceptors (Lipinski definition) is 5. The molecule has 1 aromatic carbocycles. The molecule has 0 radical (unpaired) electrons. The molecule has 23 heavy (non-hydrogen) atoms. The van der Waals surface area contributed by atoms with Crippen LogP contribution in [0.15, 0.2) is 36.4 Å². The first kappa shape index (κ1) is 16.6. The molecule has 0 bridgehead atoms. The van der Waals surface area contributed by atoms with Crippen molar-refractivity contribution in [3.8, 4) is 17.4 Å². The molecule has 1 aromatic heterocycles. The summed E-state index contributed by atoms with van der Waals surface area (Å²) < 4.78 is 48.3. The summed E-state index contributed by atoms with van der Waals surface area (Å²) in [6.45, 7) is 0. The molecule has 122 valence electrons. The largest absolute Gasteiger partial charge is 0.496 e. The third-order valence-corrected chi connectivity index (χ3v) is 2.76. The Morgan fingerprint density at radius 2 is 1.96 bits per heavy atom. The van der Waals surface area contributed by atoms with Crippen molar-refractivity contribution < 1.29 is 27.4 Å². The average molecular weight is 327 g/mol. The highest BCUT2D eigenvalue weighted by Gasteiger charge is 2.30. The number of hydrogen-bond donors (Lipinski definition) is 2. The van der Waals surface area contributed by atoms with Gasteiger partial charge in [0.15, 0.2) is 0 Å². The van der Waals surface area contributed by atoms with Gasteiger partial charge in [-0.1, -0.05) is 6.07 Å². The smallest absolute Gasteiger partial charge is 0.416 e. The van der Waals surface area contributed by atoms with Crippen LogP contribution in [0.2, 0.25) is 0 Å². The molecule has 0 saturated heterocycles. The van der Waals surface area contributed by atoms with E-state index in [1.54, 1.807) is 0 Å². The maximum Gasteiger partial charge on any atom is 0.416 e. The SMILES string of the molecule is COc1cc(Oc2cccc(C(F)(F)F)c2)nc(C(=O)NN)c1. The Morgan fingerprint density at radius 3 is 2.57 bits per heavy atom. The van der Waals surface area contributed by atoms with E-state index in [0.717, 1.165) is 12.1 Å². The molecule has 3 N–H and O–H groups in total. The molecule has 1 heterocycles. The van der Waals surface area contributed by atoms with Crippen LogP contribution in [0.5, 0.6) is 17.4 Å². The van der Waals surface area contributed by atoms with Gasteiger partial charge in [0.25, 0.3) is 5.91 Å². The monoisotopic (exact) mass is 327 g/mol. The maximum atomic E-state index is 12.7. The van der Waals surface area contributed by atoms with E-state index in [2.05, 4.69) is 4.98 Å². The van der Waals surface area contributed by atoms with Crippen molar-refractivity contribution in [2.45, 2.75) is 6.18 Å². The number of nitrogens with one attached hydrogen (secondary N) is 1. The van der Waals surface area contributed by atoms with Gasteiger partial charge < -0.3 is 9.47 Å². The lowest BCUT2D eigenvalue weighted by Gasteiger charge is -2.11. The summed E-state index contributed by atoms with van der Waals surface area (Å²) >= 11 is 0. The number of nitrogen functional groups attached to an aromatic ring is 1. The summed E-state index contributed by atoms with van der Waals surface area (Å²) in [5.41, 5.74) is 0.925. The zero-order valence-corrected chi connectivity index (χ0v) is 11.8. The Kier molecular flexibility index (Phi) is 4.70. The van der Waals surface area contributed by atoms with Gasteiger partial charge in [-0.25, -0.2) is 10.8 Å². The van der Waals surface area contributed by atoms with E-state index < -0.39 is 17.6 Å².